The summed E-state index contributed by atoms with van der Waals surface area (Å²) in [4.78, 5) is 13.4. The maximum atomic E-state index is 14.1. The lowest BCUT2D eigenvalue weighted by atomic mass is 10.1. The molecule has 1 heterocycles. The fourth-order valence-corrected chi connectivity index (χ4v) is 3.00. The molecule has 0 saturated heterocycles. The molecule has 31 heavy (non-hydrogen) atoms. The number of para-hydroxylation sites is 1. The normalized spacial score (nSPS) is 10.9. The predicted octanol–water partition coefficient (Wildman–Crippen LogP) is 5.14. The van der Waals surface area contributed by atoms with E-state index >= 15 is 0 Å². The lowest BCUT2D eigenvalue weighted by Gasteiger charge is -2.11. The zero-order valence-electron chi connectivity index (χ0n) is 17.0. The Morgan fingerprint density at radius 1 is 1.13 bits per heavy atom. The first-order valence-electron chi connectivity index (χ1n) is 9.39. The molecule has 5 nitrogen and oxygen atoms in total. The maximum absolute atomic E-state index is 14.1. The number of nitrogens with zero attached hydrogens (tertiary/aromatic N) is 2. The summed E-state index contributed by atoms with van der Waals surface area (Å²) >= 11 is 0. The Hall–Kier alpha value is -3.36. The number of aromatic nitrogens is 2. The van der Waals surface area contributed by atoms with Crippen LogP contribution in [0.4, 0.5) is 17.6 Å². The number of carboxylic acids is 1. The highest BCUT2D eigenvalue weighted by atomic mass is 19.4. The first kappa shape index (κ1) is 23.9. The van der Waals surface area contributed by atoms with E-state index in [1.807, 2.05) is 24.3 Å². The Kier molecular flexibility index (Phi) is 8.18. The second-order valence-electron chi connectivity index (χ2n) is 6.43. The third-order valence-electron chi connectivity index (χ3n) is 4.47. The van der Waals surface area contributed by atoms with Gasteiger partial charge in [-0.15, -0.1) is 0 Å². The van der Waals surface area contributed by atoms with Crippen molar-refractivity contribution in [1.82, 2.24) is 9.55 Å². The van der Waals surface area contributed by atoms with Crippen LogP contribution in [0.2, 0.25) is 0 Å². The molecular formula is C22H22F4N2O3. The summed E-state index contributed by atoms with van der Waals surface area (Å²) in [7, 11) is 1.68. The zero-order chi connectivity index (χ0) is 23.0. The molecule has 0 fully saturated rings. The topological polar surface area (TPSA) is 64.4 Å². The fraction of sp³-hybridized carbons (Fsp3) is 0.273. The molecule has 1 aromatic heterocycles. The van der Waals surface area contributed by atoms with Crippen LogP contribution in [0.25, 0.3) is 11.3 Å². The summed E-state index contributed by atoms with van der Waals surface area (Å²) in [5.74, 6) is -2.10. The second kappa shape index (κ2) is 10.6. The molecular weight excluding hydrogens is 416 g/mol. The van der Waals surface area contributed by atoms with Gasteiger partial charge < -0.3 is 14.4 Å². The van der Waals surface area contributed by atoms with E-state index in [0.29, 0.717) is 5.56 Å². The van der Waals surface area contributed by atoms with E-state index < -0.39 is 12.1 Å². The van der Waals surface area contributed by atoms with Gasteiger partial charge in [0.1, 0.15) is 11.6 Å². The van der Waals surface area contributed by atoms with E-state index in [1.165, 1.54) is 6.07 Å². The fourth-order valence-electron chi connectivity index (χ4n) is 3.00. The summed E-state index contributed by atoms with van der Waals surface area (Å²) in [6, 6.07) is 14.8. The Bertz CT molecular complexity index is 1020. The Morgan fingerprint density at radius 2 is 1.74 bits per heavy atom. The molecule has 0 atom stereocenters. The molecule has 1 N–H and O–H groups in total. The van der Waals surface area contributed by atoms with Gasteiger partial charge in [0.05, 0.1) is 19.1 Å². The highest BCUT2D eigenvalue weighted by molar-refractivity contribution is 5.73. The Morgan fingerprint density at radius 3 is 2.32 bits per heavy atom. The first-order valence-corrected chi connectivity index (χ1v) is 9.39. The van der Waals surface area contributed by atoms with Gasteiger partial charge >= 0.3 is 12.1 Å². The van der Waals surface area contributed by atoms with E-state index in [2.05, 4.69) is 22.5 Å². The van der Waals surface area contributed by atoms with Crippen LogP contribution in [0.5, 0.6) is 5.75 Å². The first-order chi connectivity index (χ1) is 14.7. The van der Waals surface area contributed by atoms with Gasteiger partial charge in [-0.05, 0) is 36.6 Å². The quantitative estimate of drug-likeness (QED) is 0.542. The van der Waals surface area contributed by atoms with Crippen LogP contribution in [0, 0.1) is 5.82 Å². The van der Waals surface area contributed by atoms with Crippen LogP contribution in [0.15, 0.2) is 54.9 Å². The number of methoxy groups -OCH3 is 1. The molecule has 0 saturated carbocycles. The van der Waals surface area contributed by atoms with E-state index in [-0.39, 0.29) is 5.82 Å². The molecule has 0 aliphatic heterocycles. The van der Waals surface area contributed by atoms with Crippen LogP contribution in [0.3, 0.4) is 0 Å². The molecule has 0 unspecified atom stereocenters. The average Bonchev–Trinajstić information content (AvgIpc) is 3.15. The number of hydrogen-bond acceptors (Lipinski definition) is 3. The number of hydrogen-bond donors (Lipinski definition) is 1. The predicted molar refractivity (Wildman–Crippen MR) is 107 cm³/mol. The van der Waals surface area contributed by atoms with E-state index in [1.54, 1.807) is 25.6 Å². The largest absolute Gasteiger partial charge is 0.496 e. The minimum Gasteiger partial charge on any atom is -0.496 e. The van der Waals surface area contributed by atoms with Gasteiger partial charge in [-0.2, -0.15) is 13.2 Å². The standard InChI is InChI=1S/C20H21FN2O.C2HF3O2/c1-3-18-20(16-9-5-6-10-17(16)21)22-14-23(18)13-12-15-8-4-7-11-19(15)24-2;3-2(4,5)1(6)7/h4-11,14H,3,12-13H2,1-2H3;(H,6,7). The van der Waals surface area contributed by atoms with Crippen molar-refractivity contribution in [3.8, 4) is 17.0 Å². The third-order valence-corrected chi connectivity index (χ3v) is 4.47. The summed E-state index contributed by atoms with van der Waals surface area (Å²) in [6.45, 7) is 2.85. The molecule has 3 aromatic rings. The number of rotatable bonds is 6. The van der Waals surface area contributed by atoms with E-state index in [0.717, 1.165) is 42.1 Å². The minimum absolute atomic E-state index is 0.234. The van der Waals surface area contributed by atoms with Crippen molar-refractivity contribution in [1.29, 1.82) is 0 Å². The number of halogens is 4. The van der Waals surface area contributed by atoms with Crippen LogP contribution < -0.4 is 4.74 Å². The van der Waals surface area contributed by atoms with Crippen molar-refractivity contribution in [2.45, 2.75) is 32.5 Å². The summed E-state index contributed by atoms with van der Waals surface area (Å²) < 4.78 is 53.3. The molecule has 166 valence electrons. The highest BCUT2D eigenvalue weighted by Gasteiger charge is 2.38. The number of aliphatic carboxylic acids is 1. The molecule has 9 heteroatoms. The lowest BCUT2D eigenvalue weighted by Crippen LogP contribution is -2.21. The number of carbonyl (C=O) groups is 1. The van der Waals surface area contributed by atoms with Crippen molar-refractivity contribution < 1.29 is 32.2 Å². The monoisotopic (exact) mass is 438 g/mol. The number of ether oxygens (including phenoxy) is 1. The molecule has 3 rings (SSSR count). The van der Waals surface area contributed by atoms with Crippen molar-refractivity contribution in [2.24, 2.45) is 0 Å². The highest BCUT2D eigenvalue weighted by Crippen LogP contribution is 2.26. The number of benzene rings is 2. The van der Waals surface area contributed by atoms with Gasteiger partial charge in [0.2, 0.25) is 0 Å². The van der Waals surface area contributed by atoms with Gasteiger partial charge in [0.25, 0.3) is 0 Å². The van der Waals surface area contributed by atoms with Crippen molar-refractivity contribution >= 4 is 5.97 Å². The number of alkyl halides is 3. The van der Waals surface area contributed by atoms with Crippen LogP contribution in [0.1, 0.15) is 18.2 Å². The van der Waals surface area contributed by atoms with E-state index in [4.69, 9.17) is 14.6 Å². The molecule has 0 aliphatic rings. The number of aryl methyl sites for hydroxylation is 2. The van der Waals surface area contributed by atoms with Crippen LogP contribution in [-0.4, -0.2) is 33.9 Å². The SMILES string of the molecule is CCc1c(-c2ccccc2F)ncn1CCc1ccccc1OC.O=C(O)C(F)(F)F. The smallest absolute Gasteiger partial charge is 0.490 e. The summed E-state index contributed by atoms with van der Waals surface area (Å²) in [5.41, 5.74) is 3.50. The minimum atomic E-state index is -5.08. The second-order valence-corrected chi connectivity index (χ2v) is 6.43. The van der Waals surface area contributed by atoms with Gasteiger partial charge in [-0.3, -0.25) is 0 Å². The molecule has 2 aromatic carbocycles. The molecule has 0 amide bonds. The zero-order valence-corrected chi connectivity index (χ0v) is 17.0. The van der Waals surface area contributed by atoms with Gasteiger partial charge in [-0.1, -0.05) is 37.3 Å². The van der Waals surface area contributed by atoms with Crippen molar-refractivity contribution in [3.63, 3.8) is 0 Å². The van der Waals surface area contributed by atoms with Crippen molar-refractivity contribution in [3.05, 3.63) is 71.9 Å². The van der Waals surface area contributed by atoms with Gasteiger partial charge in [0.15, 0.2) is 0 Å². The van der Waals surface area contributed by atoms with Gasteiger partial charge in [-0.25, -0.2) is 14.2 Å². The Balaban J connectivity index is 0.000000423. The average molecular weight is 438 g/mol. The van der Waals surface area contributed by atoms with Crippen molar-refractivity contribution in [2.75, 3.05) is 7.11 Å². The lowest BCUT2D eigenvalue weighted by molar-refractivity contribution is -0.192. The number of imidazole rings is 1. The maximum Gasteiger partial charge on any atom is 0.490 e. The molecule has 0 spiro atoms. The van der Waals surface area contributed by atoms with Crippen LogP contribution in [-0.2, 0) is 24.2 Å². The summed E-state index contributed by atoms with van der Waals surface area (Å²) in [6.07, 6.45) is -1.64. The van der Waals surface area contributed by atoms with Crippen LogP contribution >= 0.6 is 0 Å². The Labute approximate surface area is 176 Å². The van der Waals surface area contributed by atoms with E-state index in [9.17, 15) is 17.6 Å². The van der Waals surface area contributed by atoms with Gasteiger partial charge in [0, 0.05) is 17.8 Å². The molecule has 0 bridgehead atoms. The third kappa shape index (κ3) is 6.31. The summed E-state index contributed by atoms with van der Waals surface area (Å²) in [5, 5.41) is 7.12. The molecule has 0 radical (unpaired) electrons. The number of carboxylic acid groups (broad SMARTS) is 1. The molecule has 0 aliphatic carbocycles.